The Labute approximate surface area is 111 Å². The van der Waals surface area contributed by atoms with Crippen LogP contribution in [0.4, 0.5) is 0 Å². The van der Waals surface area contributed by atoms with Crippen molar-refractivity contribution in [3.05, 3.63) is 17.0 Å². The van der Waals surface area contributed by atoms with E-state index >= 15 is 0 Å². The average molecular weight is 285 g/mol. The standard InChI is InChI=1S/C11H15N3O2S2/c1-8-4-5-14(7-10(8)13)18(15,16)11-3-2-9(6-12)17-11/h2-3,8,10H,4-5,7,13H2,1H3. The van der Waals surface area contributed by atoms with E-state index in [1.807, 2.05) is 13.0 Å². The SMILES string of the molecule is CC1CCN(S(=O)(=O)c2ccc(C#N)s2)CC1N. The summed E-state index contributed by atoms with van der Waals surface area (Å²) in [6.07, 6.45) is 0.775. The van der Waals surface area contributed by atoms with Gasteiger partial charge in [-0.3, -0.25) is 0 Å². The molecule has 0 spiro atoms. The fourth-order valence-electron chi connectivity index (χ4n) is 1.93. The molecule has 0 radical (unpaired) electrons. The van der Waals surface area contributed by atoms with E-state index in [0.717, 1.165) is 17.8 Å². The molecule has 7 heteroatoms. The summed E-state index contributed by atoms with van der Waals surface area (Å²) >= 11 is 1.00. The smallest absolute Gasteiger partial charge is 0.252 e. The van der Waals surface area contributed by atoms with Crippen LogP contribution in [0.25, 0.3) is 0 Å². The highest BCUT2D eigenvalue weighted by Gasteiger charge is 2.32. The van der Waals surface area contributed by atoms with Crippen molar-refractivity contribution in [1.82, 2.24) is 4.31 Å². The predicted molar refractivity (Wildman–Crippen MR) is 69.5 cm³/mol. The van der Waals surface area contributed by atoms with Crippen LogP contribution < -0.4 is 5.73 Å². The predicted octanol–water partition coefficient (Wildman–Crippen LogP) is 0.978. The van der Waals surface area contributed by atoms with Gasteiger partial charge in [0.25, 0.3) is 10.0 Å². The average Bonchev–Trinajstić information content (AvgIpc) is 2.81. The monoisotopic (exact) mass is 285 g/mol. The Bertz CT molecular complexity index is 573. The summed E-state index contributed by atoms with van der Waals surface area (Å²) in [5.74, 6) is 0.342. The molecular formula is C11H15N3O2S2. The molecule has 1 aromatic rings. The van der Waals surface area contributed by atoms with Crippen LogP contribution in [0.15, 0.2) is 16.3 Å². The quantitative estimate of drug-likeness (QED) is 0.877. The number of nitrogens with two attached hydrogens (primary N) is 1. The van der Waals surface area contributed by atoms with Crippen molar-refractivity contribution in [3.63, 3.8) is 0 Å². The fourth-order valence-corrected chi connectivity index (χ4v) is 4.68. The Morgan fingerprint density at radius 1 is 1.56 bits per heavy atom. The number of hydrogen-bond donors (Lipinski definition) is 1. The molecule has 2 rings (SSSR count). The van der Waals surface area contributed by atoms with Crippen LogP contribution in [0.3, 0.4) is 0 Å². The van der Waals surface area contributed by atoms with E-state index in [1.165, 1.54) is 16.4 Å². The number of nitrogens with zero attached hydrogens (tertiary/aromatic N) is 2. The van der Waals surface area contributed by atoms with Gasteiger partial charge in [-0.15, -0.1) is 11.3 Å². The maximum absolute atomic E-state index is 12.3. The first-order chi connectivity index (χ1) is 8.45. The molecule has 2 unspecified atom stereocenters. The van der Waals surface area contributed by atoms with Crippen molar-refractivity contribution < 1.29 is 8.42 Å². The van der Waals surface area contributed by atoms with Crippen molar-refractivity contribution in [2.45, 2.75) is 23.6 Å². The van der Waals surface area contributed by atoms with Crippen LogP contribution >= 0.6 is 11.3 Å². The van der Waals surface area contributed by atoms with Crippen molar-refractivity contribution in [1.29, 1.82) is 5.26 Å². The second-order valence-corrected chi connectivity index (χ2v) is 7.77. The first-order valence-electron chi connectivity index (χ1n) is 5.71. The Morgan fingerprint density at radius 2 is 2.28 bits per heavy atom. The van der Waals surface area contributed by atoms with Gasteiger partial charge in [0, 0.05) is 19.1 Å². The molecule has 0 bridgehead atoms. The minimum Gasteiger partial charge on any atom is -0.326 e. The van der Waals surface area contributed by atoms with Gasteiger partial charge in [0.15, 0.2) is 0 Å². The topological polar surface area (TPSA) is 87.2 Å². The zero-order chi connectivity index (χ0) is 13.3. The molecule has 5 nitrogen and oxygen atoms in total. The van der Waals surface area contributed by atoms with E-state index in [2.05, 4.69) is 0 Å². The highest BCUT2D eigenvalue weighted by molar-refractivity contribution is 7.91. The maximum Gasteiger partial charge on any atom is 0.252 e. The van der Waals surface area contributed by atoms with E-state index in [0.29, 0.717) is 23.9 Å². The first-order valence-corrected chi connectivity index (χ1v) is 7.96. The van der Waals surface area contributed by atoms with Crippen LogP contribution in [0, 0.1) is 17.2 Å². The van der Waals surface area contributed by atoms with Crippen LogP contribution in [-0.4, -0.2) is 31.9 Å². The summed E-state index contributed by atoms with van der Waals surface area (Å²) in [6, 6.07) is 4.85. The summed E-state index contributed by atoms with van der Waals surface area (Å²) in [5.41, 5.74) is 5.92. The van der Waals surface area contributed by atoms with E-state index in [9.17, 15) is 8.42 Å². The zero-order valence-electron chi connectivity index (χ0n) is 10.0. The molecule has 1 aliphatic heterocycles. The lowest BCUT2D eigenvalue weighted by Crippen LogP contribution is -2.49. The van der Waals surface area contributed by atoms with Crippen LogP contribution in [-0.2, 0) is 10.0 Å². The highest BCUT2D eigenvalue weighted by atomic mass is 32.2. The van der Waals surface area contributed by atoms with Crippen molar-refractivity contribution in [2.75, 3.05) is 13.1 Å². The number of nitriles is 1. The molecule has 1 aromatic heterocycles. The molecule has 1 saturated heterocycles. The zero-order valence-corrected chi connectivity index (χ0v) is 11.7. The van der Waals surface area contributed by atoms with Gasteiger partial charge >= 0.3 is 0 Å². The molecule has 0 aliphatic carbocycles. The van der Waals surface area contributed by atoms with Gasteiger partial charge in [0.05, 0.1) is 0 Å². The molecule has 1 fully saturated rings. The molecule has 18 heavy (non-hydrogen) atoms. The molecule has 0 aromatic carbocycles. The third kappa shape index (κ3) is 2.42. The molecule has 0 saturated carbocycles. The van der Waals surface area contributed by atoms with Gasteiger partial charge in [0.1, 0.15) is 15.2 Å². The summed E-state index contributed by atoms with van der Waals surface area (Å²) in [4.78, 5) is 0.406. The second-order valence-electron chi connectivity index (χ2n) is 4.52. The van der Waals surface area contributed by atoms with Gasteiger partial charge in [-0.05, 0) is 24.5 Å². The molecule has 0 amide bonds. The van der Waals surface area contributed by atoms with E-state index in [1.54, 1.807) is 0 Å². The van der Waals surface area contributed by atoms with Gasteiger partial charge in [-0.1, -0.05) is 6.92 Å². The molecule has 2 N–H and O–H groups in total. The van der Waals surface area contributed by atoms with E-state index in [-0.39, 0.29) is 10.3 Å². The Morgan fingerprint density at radius 3 is 2.83 bits per heavy atom. The number of rotatable bonds is 2. The maximum atomic E-state index is 12.3. The Kier molecular flexibility index (Phi) is 3.73. The lowest BCUT2D eigenvalue weighted by atomic mass is 9.96. The minimum atomic E-state index is -3.49. The van der Waals surface area contributed by atoms with Crippen molar-refractivity contribution >= 4 is 21.4 Å². The molecule has 98 valence electrons. The second kappa shape index (κ2) is 4.97. The van der Waals surface area contributed by atoms with Gasteiger partial charge in [-0.2, -0.15) is 9.57 Å². The van der Waals surface area contributed by atoms with Crippen LogP contribution in [0.5, 0.6) is 0 Å². The molecular weight excluding hydrogens is 270 g/mol. The Hall–Kier alpha value is -0.940. The van der Waals surface area contributed by atoms with Gasteiger partial charge < -0.3 is 5.73 Å². The Balaban J connectivity index is 2.24. The number of thiophene rings is 1. The van der Waals surface area contributed by atoms with Crippen LogP contribution in [0.2, 0.25) is 0 Å². The third-order valence-corrected chi connectivity index (χ3v) is 6.59. The van der Waals surface area contributed by atoms with Crippen molar-refractivity contribution in [3.8, 4) is 6.07 Å². The van der Waals surface area contributed by atoms with Crippen molar-refractivity contribution in [2.24, 2.45) is 11.7 Å². The lowest BCUT2D eigenvalue weighted by Gasteiger charge is -2.33. The number of piperidine rings is 1. The summed E-state index contributed by atoms with van der Waals surface area (Å²) in [7, 11) is -3.49. The lowest BCUT2D eigenvalue weighted by molar-refractivity contribution is 0.253. The minimum absolute atomic E-state index is 0.121. The van der Waals surface area contributed by atoms with Gasteiger partial charge in [-0.25, -0.2) is 8.42 Å². The molecule has 1 aliphatic rings. The summed E-state index contributed by atoms with van der Waals surface area (Å²) in [6.45, 7) is 2.88. The normalized spacial score (nSPS) is 25.8. The van der Waals surface area contributed by atoms with E-state index in [4.69, 9.17) is 11.0 Å². The first kappa shape index (κ1) is 13.5. The van der Waals surface area contributed by atoms with Gasteiger partial charge in [0.2, 0.25) is 0 Å². The summed E-state index contributed by atoms with van der Waals surface area (Å²) in [5, 5.41) is 8.74. The fraction of sp³-hybridized carbons (Fsp3) is 0.545. The summed E-state index contributed by atoms with van der Waals surface area (Å²) < 4.78 is 26.3. The van der Waals surface area contributed by atoms with Crippen LogP contribution in [0.1, 0.15) is 18.2 Å². The number of hydrogen-bond acceptors (Lipinski definition) is 5. The largest absolute Gasteiger partial charge is 0.326 e. The van der Waals surface area contributed by atoms with E-state index < -0.39 is 10.0 Å². The third-order valence-electron chi connectivity index (χ3n) is 3.26. The molecule has 2 heterocycles. The highest BCUT2D eigenvalue weighted by Crippen LogP contribution is 2.27. The molecule has 2 atom stereocenters. The number of sulfonamides is 1.